The van der Waals surface area contributed by atoms with Crippen molar-refractivity contribution in [2.45, 2.75) is 25.8 Å². The van der Waals surface area contributed by atoms with Crippen LogP contribution in [0.25, 0.3) is 0 Å². The summed E-state index contributed by atoms with van der Waals surface area (Å²) >= 11 is 0. The quantitative estimate of drug-likeness (QED) is 0.510. The van der Waals surface area contributed by atoms with Crippen molar-refractivity contribution in [3.63, 3.8) is 0 Å². The minimum atomic E-state index is -0.458. The number of amides is 4. The number of hydrogen-bond donors (Lipinski definition) is 1. The number of fused-ring (bicyclic) bond motifs is 1. The fourth-order valence-corrected chi connectivity index (χ4v) is 4.83. The van der Waals surface area contributed by atoms with Gasteiger partial charge in [-0.1, -0.05) is 30.3 Å². The molecule has 37 heavy (non-hydrogen) atoms. The van der Waals surface area contributed by atoms with E-state index >= 15 is 0 Å². The van der Waals surface area contributed by atoms with E-state index in [1.807, 2.05) is 4.90 Å². The summed E-state index contributed by atoms with van der Waals surface area (Å²) in [6.45, 7) is 1.42. The lowest BCUT2D eigenvalue weighted by Crippen LogP contribution is -2.36. The average molecular weight is 498 g/mol. The Balaban J connectivity index is 1.38. The van der Waals surface area contributed by atoms with Crippen LogP contribution in [0.5, 0.6) is 5.75 Å². The summed E-state index contributed by atoms with van der Waals surface area (Å²) in [5.41, 5.74) is 2.41. The lowest BCUT2D eigenvalue weighted by atomic mass is 10.1. The number of rotatable bonds is 6. The SMILES string of the molecule is COc1ccc(CN2C(=O)c3ccccc3C2=O)cc1C(=O)Nc1ccccc1C(=O)N1CCCCC1. The Kier molecular flexibility index (Phi) is 6.72. The van der Waals surface area contributed by atoms with E-state index in [1.165, 1.54) is 12.0 Å². The molecule has 2 aliphatic rings. The van der Waals surface area contributed by atoms with Crippen LogP contribution in [0.15, 0.2) is 66.7 Å². The first-order valence-electron chi connectivity index (χ1n) is 12.3. The molecular weight excluding hydrogens is 470 g/mol. The summed E-state index contributed by atoms with van der Waals surface area (Å²) in [6.07, 6.45) is 3.05. The number of carbonyl (C=O) groups excluding carboxylic acids is 4. The van der Waals surface area contributed by atoms with Gasteiger partial charge in [0.25, 0.3) is 23.6 Å². The summed E-state index contributed by atoms with van der Waals surface area (Å²) in [5, 5.41) is 2.86. The van der Waals surface area contributed by atoms with Crippen molar-refractivity contribution in [3.8, 4) is 5.75 Å². The number of para-hydroxylation sites is 1. The van der Waals surface area contributed by atoms with E-state index in [0.29, 0.717) is 46.8 Å². The first kappa shape index (κ1) is 24.2. The zero-order valence-corrected chi connectivity index (χ0v) is 20.5. The van der Waals surface area contributed by atoms with Gasteiger partial charge in [-0.3, -0.25) is 24.1 Å². The number of anilines is 1. The molecule has 1 N–H and O–H groups in total. The Bertz CT molecular complexity index is 1360. The van der Waals surface area contributed by atoms with Gasteiger partial charge in [0.1, 0.15) is 5.75 Å². The highest BCUT2D eigenvalue weighted by molar-refractivity contribution is 6.21. The minimum absolute atomic E-state index is 0.0145. The maximum absolute atomic E-state index is 13.4. The topological polar surface area (TPSA) is 96.0 Å². The van der Waals surface area contributed by atoms with Crippen molar-refractivity contribution in [2.75, 3.05) is 25.5 Å². The third-order valence-electron chi connectivity index (χ3n) is 6.78. The molecule has 1 fully saturated rings. The van der Waals surface area contributed by atoms with Gasteiger partial charge in [-0.05, 0) is 61.2 Å². The third kappa shape index (κ3) is 4.70. The number of hydrogen-bond acceptors (Lipinski definition) is 5. The summed E-state index contributed by atoms with van der Waals surface area (Å²) in [7, 11) is 1.46. The number of methoxy groups -OCH3 is 1. The van der Waals surface area contributed by atoms with Crippen molar-refractivity contribution in [3.05, 3.63) is 94.5 Å². The second-order valence-corrected chi connectivity index (χ2v) is 9.13. The molecule has 0 aromatic heterocycles. The smallest absolute Gasteiger partial charge is 0.261 e. The van der Waals surface area contributed by atoms with Crippen LogP contribution in [0.1, 0.15) is 66.3 Å². The molecule has 8 nitrogen and oxygen atoms in total. The molecule has 0 aliphatic carbocycles. The molecule has 188 valence electrons. The molecule has 0 atom stereocenters. The predicted octanol–water partition coefficient (Wildman–Crippen LogP) is 4.37. The summed E-state index contributed by atoms with van der Waals surface area (Å²) in [4.78, 5) is 55.1. The Morgan fingerprint density at radius 3 is 2.16 bits per heavy atom. The Labute approximate surface area is 214 Å². The predicted molar refractivity (Wildman–Crippen MR) is 138 cm³/mol. The van der Waals surface area contributed by atoms with Crippen molar-refractivity contribution in [1.29, 1.82) is 0 Å². The van der Waals surface area contributed by atoms with Crippen molar-refractivity contribution in [1.82, 2.24) is 9.80 Å². The molecule has 0 spiro atoms. The normalized spacial score (nSPS) is 14.9. The number of ether oxygens (including phenoxy) is 1. The number of nitrogens with zero attached hydrogens (tertiary/aromatic N) is 2. The Hall–Kier alpha value is -4.46. The van der Waals surface area contributed by atoms with Crippen LogP contribution >= 0.6 is 0 Å². The van der Waals surface area contributed by atoms with Crippen molar-refractivity contribution < 1.29 is 23.9 Å². The molecule has 2 aliphatic heterocycles. The highest BCUT2D eigenvalue weighted by Gasteiger charge is 2.35. The Morgan fingerprint density at radius 2 is 1.49 bits per heavy atom. The fourth-order valence-electron chi connectivity index (χ4n) is 4.83. The van der Waals surface area contributed by atoms with Crippen LogP contribution in [-0.2, 0) is 6.54 Å². The van der Waals surface area contributed by atoms with Crippen molar-refractivity contribution >= 4 is 29.3 Å². The summed E-state index contributed by atoms with van der Waals surface area (Å²) < 4.78 is 5.41. The average Bonchev–Trinajstić information content (AvgIpc) is 3.18. The second kappa shape index (κ2) is 10.3. The lowest BCUT2D eigenvalue weighted by molar-refractivity contribution is 0.0641. The zero-order chi connectivity index (χ0) is 25.9. The zero-order valence-electron chi connectivity index (χ0n) is 20.5. The van der Waals surface area contributed by atoms with E-state index in [4.69, 9.17) is 4.74 Å². The first-order chi connectivity index (χ1) is 18.0. The molecule has 0 saturated carbocycles. The van der Waals surface area contributed by atoms with E-state index < -0.39 is 5.91 Å². The van der Waals surface area contributed by atoms with E-state index in [0.717, 1.165) is 19.3 Å². The molecular formula is C29H27N3O5. The van der Waals surface area contributed by atoms with Gasteiger partial charge in [0.2, 0.25) is 0 Å². The molecule has 5 rings (SSSR count). The van der Waals surface area contributed by atoms with Gasteiger partial charge >= 0.3 is 0 Å². The van der Waals surface area contributed by atoms with Crippen LogP contribution in [0.2, 0.25) is 0 Å². The van der Waals surface area contributed by atoms with E-state index in [9.17, 15) is 19.2 Å². The highest BCUT2D eigenvalue weighted by Crippen LogP contribution is 2.28. The van der Waals surface area contributed by atoms with Crippen LogP contribution < -0.4 is 10.1 Å². The van der Waals surface area contributed by atoms with Gasteiger partial charge in [0, 0.05) is 13.1 Å². The number of imide groups is 1. The molecule has 2 heterocycles. The number of nitrogens with one attached hydrogen (secondary N) is 1. The maximum atomic E-state index is 13.4. The molecule has 0 unspecified atom stereocenters. The lowest BCUT2D eigenvalue weighted by Gasteiger charge is -2.27. The number of piperidine rings is 1. The van der Waals surface area contributed by atoms with E-state index in [2.05, 4.69) is 5.32 Å². The summed E-state index contributed by atoms with van der Waals surface area (Å²) in [6, 6.07) is 18.6. The largest absolute Gasteiger partial charge is 0.496 e. The van der Waals surface area contributed by atoms with Gasteiger partial charge in [-0.15, -0.1) is 0 Å². The van der Waals surface area contributed by atoms with Crippen molar-refractivity contribution in [2.24, 2.45) is 0 Å². The first-order valence-corrected chi connectivity index (χ1v) is 12.3. The van der Waals surface area contributed by atoms with Crippen LogP contribution in [0, 0.1) is 0 Å². The molecule has 1 saturated heterocycles. The second-order valence-electron chi connectivity index (χ2n) is 9.13. The van der Waals surface area contributed by atoms with Crippen LogP contribution in [-0.4, -0.2) is 53.6 Å². The van der Waals surface area contributed by atoms with E-state index in [-0.39, 0.29) is 29.8 Å². The van der Waals surface area contributed by atoms with Gasteiger partial charge in [-0.2, -0.15) is 0 Å². The number of benzene rings is 3. The molecule has 4 amide bonds. The number of likely N-dealkylation sites (tertiary alicyclic amines) is 1. The fraction of sp³-hybridized carbons (Fsp3) is 0.241. The van der Waals surface area contributed by atoms with Gasteiger partial charge in [-0.25, -0.2) is 0 Å². The standard InChI is InChI=1S/C29H27N3O5/c1-37-25-14-13-19(18-32-28(35)20-9-3-4-10-21(20)29(32)36)17-23(25)26(33)30-24-12-6-5-11-22(24)27(34)31-15-7-2-8-16-31/h3-6,9-14,17H,2,7-8,15-16,18H2,1H3,(H,30,33). The molecule has 0 bridgehead atoms. The summed E-state index contributed by atoms with van der Waals surface area (Å²) in [5.74, 6) is -0.967. The van der Waals surface area contributed by atoms with Crippen LogP contribution in [0.4, 0.5) is 5.69 Å². The molecule has 8 heteroatoms. The van der Waals surface area contributed by atoms with Gasteiger partial charge in [0.05, 0.1) is 41.6 Å². The maximum Gasteiger partial charge on any atom is 0.261 e. The van der Waals surface area contributed by atoms with Gasteiger partial charge in [0.15, 0.2) is 0 Å². The number of carbonyl (C=O) groups is 4. The molecule has 0 radical (unpaired) electrons. The van der Waals surface area contributed by atoms with E-state index in [1.54, 1.807) is 66.7 Å². The monoisotopic (exact) mass is 497 g/mol. The molecule has 3 aromatic rings. The van der Waals surface area contributed by atoms with Gasteiger partial charge < -0.3 is 15.0 Å². The third-order valence-corrected chi connectivity index (χ3v) is 6.78. The molecule has 3 aromatic carbocycles. The van der Waals surface area contributed by atoms with Crippen LogP contribution in [0.3, 0.4) is 0 Å². The highest BCUT2D eigenvalue weighted by atomic mass is 16.5. The Morgan fingerprint density at radius 1 is 0.838 bits per heavy atom. The minimum Gasteiger partial charge on any atom is -0.496 e.